The van der Waals surface area contributed by atoms with E-state index in [0.29, 0.717) is 13.0 Å². The zero-order valence-electron chi connectivity index (χ0n) is 11.7. The van der Waals surface area contributed by atoms with Crippen LogP contribution in [0, 0.1) is 5.92 Å². The van der Waals surface area contributed by atoms with Crippen LogP contribution in [-0.2, 0) is 17.5 Å². The number of carboxylic acid groups (broad SMARTS) is 1. The van der Waals surface area contributed by atoms with Crippen LogP contribution in [0.15, 0.2) is 24.3 Å². The predicted octanol–water partition coefficient (Wildman–Crippen LogP) is 3.39. The Hall–Kier alpha value is -1.56. The summed E-state index contributed by atoms with van der Waals surface area (Å²) in [5.74, 6) is -0.689. The van der Waals surface area contributed by atoms with Gasteiger partial charge >= 0.3 is 12.1 Å². The highest BCUT2D eigenvalue weighted by Crippen LogP contribution is 2.33. The first-order valence-corrected chi connectivity index (χ1v) is 6.91. The second kappa shape index (κ2) is 6.05. The molecule has 0 bridgehead atoms. The van der Waals surface area contributed by atoms with Crippen molar-refractivity contribution in [2.24, 2.45) is 5.92 Å². The normalized spacial score (nSPS) is 24.0. The van der Waals surface area contributed by atoms with Crippen molar-refractivity contribution in [1.82, 2.24) is 4.90 Å². The van der Waals surface area contributed by atoms with Gasteiger partial charge in [0.2, 0.25) is 0 Å². The van der Waals surface area contributed by atoms with Crippen LogP contribution in [0.1, 0.15) is 30.9 Å². The van der Waals surface area contributed by atoms with Crippen LogP contribution in [0.3, 0.4) is 0 Å². The minimum absolute atomic E-state index is 0.0133. The second-order valence-corrected chi connectivity index (χ2v) is 5.61. The molecule has 0 saturated carbocycles. The SMILES string of the molecule is CC1CCN(Cc2ccccc2C(F)(F)F)C(C(=O)O)C1. The third-order valence-electron chi connectivity index (χ3n) is 3.96. The Labute approximate surface area is 121 Å². The van der Waals surface area contributed by atoms with E-state index in [1.807, 2.05) is 6.92 Å². The van der Waals surface area contributed by atoms with E-state index in [2.05, 4.69) is 0 Å². The fourth-order valence-electron chi connectivity index (χ4n) is 2.79. The quantitative estimate of drug-likeness (QED) is 0.930. The number of rotatable bonds is 3. The summed E-state index contributed by atoms with van der Waals surface area (Å²) in [5.41, 5.74) is -0.557. The van der Waals surface area contributed by atoms with Gasteiger partial charge in [-0.05, 0) is 36.9 Å². The van der Waals surface area contributed by atoms with Crippen LogP contribution in [0.25, 0.3) is 0 Å². The van der Waals surface area contributed by atoms with E-state index in [1.54, 1.807) is 11.0 Å². The minimum Gasteiger partial charge on any atom is -0.480 e. The van der Waals surface area contributed by atoms with Crippen molar-refractivity contribution in [3.8, 4) is 0 Å². The molecule has 6 heteroatoms. The molecular weight excluding hydrogens is 283 g/mol. The molecule has 1 aromatic rings. The first kappa shape index (κ1) is 15.8. The van der Waals surface area contributed by atoms with Crippen molar-refractivity contribution in [3.63, 3.8) is 0 Å². The van der Waals surface area contributed by atoms with Gasteiger partial charge in [-0.3, -0.25) is 9.69 Å². The summed E-state index contributed by atoms with van der Waals surface area (Å²) in [6.07, 6.45) is -3.14. The van der Waals surface area contributed by atoms with E-state index in [1.165, 1.54) is 12.1 Å². The number of hydrogen-bond donors (Lipinski definition) is 1. The number of alkyl halides is 3. The average Bonchev–Trinajstić information content (AvgIpc) is 2.40. The van der Waals surface area contributed by atoms with E-state index in [-0.39, 0.29) is 18.0 Å². The molecule has 116 valence electrons. The van der Waals surface area contributed by atoms with Gasteiger partial charge in [-0.15, -0.1) is 0 Å². The lowest BCUT2D eigenvalue weighted by Gasteiger charge is -2.36. The third-order valence-corrected chi connectivity index (χ3v) is 3.96. The molecule has 1 fully saturated rings. The second-order valence-electron chi connectivity index (χ2n) is 5.61. The molecule has 1 N–H and O–H groups in total. The summed E-state index contributed by atoms with van der Waals surface area (Å²) < 4.78 is 39.0. The Morgan fingerprint density at radius 3 is 2.67 bits per heavy atom. The number of hydrogen-bond acceptors (Lipinski definition) is 2. The number of carboxylic acids is 1. The predicted molar refractivity (Wildman–Crippen MR) is 71.7 cm³/mol. The number of piperidine rings is 1. The van der Waals surface area contributed by atoms with Crippen molar-refractivity contribution in [1.29, 1.82) is 0 Å². The van der Waals surface area contributed by atoms with Gasteiger partial charge in [0.1, 0.15) is 6.04 Å². The molecule has 1 aromatic carbocycles. The third kappa shape index (κ3) is 3.75. The molecule has 21 heavy (non-hydrogen) atoms. The van der Waals surface area contributed by atoms with Crippen molar-refractivity contribution in [2.75, 3.05) is 6.54 Å². The highest BCUT2D eigenvalue weighted by Gasteiger charge is 2.36. The zero-order chi connectivity index (χ0) is 15.6. The Morgan fingerprint density at radius 2 is 2.05 bits per heavy atom. The van der Waals surface area contributed by atoms with Crippen LogP contribution in [0.2, 0.25) is 0 Å². The van der Waals surface area contributed by atoms with Crippen LogP contribution in [0.4, 0.5) is 13.2 Å². The molecule has 0 aromatic heterocycles. The van der Waals surface area contributed by atoms with Crippen LogP contribution in [0.5, 0.6) is 0 Å². The lowest BCUT2D eigenvalue weighted by Crippen LogP contribution is -2.46. The number of likely N-dealkylation sites (tertiary alicyclic amines) is 1. The molecule has 1 aliphatic heterocycles. The molecule has 1 aliphatic rings. The summed E-state index contributed by atoms with van der Waals surface area (Å²) in [6, 6.07) is 4.64. The van der Waals surface area contributed by atoms with Crippen molar-refractivity contribution in [2.45, 2.75) is 38.5 Å². The fourth-order valence-corrected chi connectivity index (χ4v) is 2.79. The molecule has 0 spiro atoms. The van der Waals surface area contributed by atoms with Gasteiger partial charge in [0.05, 0.1) is 5.56 Å². The van der Waals surface area contributed by atoms with Gasteiger partial charge < -0.3 is 5.11 Å². The van der Waals surface area contributed by atoms with Crippen LogP contribution < -0.4 is 0 Å². The molecule has 3 nitrogen and oxygen atoms in total. The Morgan fingerprint density at radius 1 is 1.38 bits per heavy atom. The molecule has 1 heterocycles. The first-order valence-electron chi connectivity index (χ1n) is 6.91. The maximum absolute atomic E-state index is 13.0. The highest BCUT2D eigenvalue weighted by molar-refractivity contribution is 5.73. The van der Waals surface area contributed by atoms with E-state index in [9.17, 15) is 23.1 Å². The summed E-state index contributed by atoms with van der Waals surface area (Å²) >= 11 is 0. The van der Waals surface area contributed by atoms with E-state index in [0.717, 1.165) is 12.5 Å². The summed E-state index contributed by atoms with van der Waals surface area (Å²) in [7, 11) is 0. The smallest absolute Gasteiger partial charge is 0.416 e. The maximum atomic E-state index is 13.0. The average molecular weight is 301 g/mol. The van der Waals surface area contributed by atoms with Crippen LogP contribution >= 0.6 is 0 Å². The van der Waals surface area contributed by atoms with Gasteiger partial charge in [-0.25, -0.2) is 0 Å². The maximum Gasteiger partial charge on any atom is 0.416 e. The van der Waals surface area contributed by atoms with Gasteiger partial charge in [0.15, 0.2) is 0 Å². The molecule has 0 aliphatic carbocycles. The lowest BCUT2D eigenvalue weighted by molar-refractivity contribution is -0.145. The summed E-state index contributed by atoms with van der Waals surface area (Å²) in [5, 5.41) is 9.27. The molecular formula is C15H18F3NO2. The van der Waals surface area contributed by atoms with E-state index >= 15 is 0 Å². The van der Waals surface area contributed by atoms with E-state index < -0.39 is 23.8 Å². The highest BCUT2D eigenvalue weighted by atomic mass is 19.4. The number of aliphatic carboxylic acids is 1. The van der Waals surface area contributed by atoms with Gasteiger partial charge in [-0.2, -0.15) is 13.2 Å². The standard InChI is InChI=1S/C15H18F3NO2/c1-10-6-7-19(13(8-10)14(20)21)9-11-4-2-3-5-12(11)15(16,17)18/h2-5,10,13H,6-9H2,1H3,(H,20,21). The monoisotopic (exact) mass is 301 g/mol. The summed E-state index contributed by atoms with van der Waals surface area (Å²) in [6.45, 7) is 2.49. The molecule has 2 unspecified atom stereocenters. The largest absolute Gasteiger partial charge is 0.480 e. The van der Waals surface area contributed by atoms with E-state index in [4.69, 9.17) is 0 Å². The van der Waals surface area contributed by atoms with Crippen LogP contribution in [-0.4, -0.2) is 28.6 Å². The molecule has 1 saturated heterocycles. The van der Waals surface area contributed by atoms with Gasteiger partial charge in [0.25, 0.3) is 0 Å². The molecule has 2 rings (SSSR count). The Balaban J connectivity index is 2.23. The fraction of sp³-hybridized carbons (Fsp3) is 0.533. The molecule has 0 radical (unpaired) electrons. The number of halogens is 3. The van der Waals surface area contributed by atoms with Crippen molar-refractivity contribution < 1.29 is 23.1 Å². The lowest BCUT2D eigenvalue weighted by atomic mass is 9.91. The number of benzene rings is 1. The Bertz CT molecular complexity index is 516. The summed E-state index contributed by atoms with van der Waals surface area (Å²) in [4.78, 5) is 13.0. The minimum atomic E-state index is -4.42. The van der Waals surface area contributed by atoms with Crippen molar-refractivity contribution in [3.05, 3.63) is 35.4 Å². The zero-order valence-corrected chi connectivity index (χ0v) is 11.7. The first-order chi connectivity index (χ1) is 9.79. The number of nitrogens with zero attached hydrogens (tertiary/aromatic N) is 1. The molecule has 0 amide bonds. The van der Waals surface area contributed by atoms with Crippen molar-refractivity contribution >= 4 is 5.97 Å². The van der Waals surface area contributed by atoms with Gasteiger partial charge in [0, 0.05) is 6.54 Å². The number of carbonyl (C=O) groups is 1. The Kier molecular flexibility index (Phi) is 4.56. The van der Waals surface area contributed by atoms with Gasteiger partial charge in [-0.1, -0.05) is 25.1 Å². The molecule has 2 atom stereocenters. The topological polar surface area (TPSA) is 40.5 Å².